The van der Waals surface area contributed by atoms with E-state index in [1.54, 1.807) is 0 Å². The number of pyridine rings is 1. The molecule has 1 atom stereocenters. The summed E-state index contributed by atoms with van der Waals surface area (Å²) in [5.74, 6) is 0. The molecule has 2 heterocycles. The van der Waals surface area contributed by atoms with Crippen LogP contribution >= 0.6 is 15.9 Å². The van der Waals surface area contributed by atoms with Crippen molar-refractivity contribution in [2.45, 2.75) is 19.5 Å². The third kappa shape index (κ3) is 2.76. The number of aromatic nitrogens is 2. The highest BCUT2D eigenvalue weighted by Gasteiger charge is 2.07. The van der Waals surface area contributed by atoms with Crippen LogP contribution in [-0.2, 0) is 6.54 Å². The summed E-state index contributed by atoms with van der Waals surface area (Å²) in [6, 6.07) is 14.8. The van der Waals surface area contributed by atoms with Gasteiger partial charge in [0.25, 0.3) is 0 Å². The molecule has 3 rings (SSSR count). The van der Waals surface area contributed by atoms with Crippen LogP contribution in [0.25, 0.3) is 5.52 Å². The zero-order valence-corrected chi connectivity index (χ0v) is 12.8. The van der Waals surface area contributed by atoms with Crippen LogP contribution < -0.4 is 5.32 Å². The van der Waals surface area contributed by atoms with Crippen molar-refractivity contribution < 1.29 is 0 Å². The molecule has 0 saturated carbocycles. The van der Waals surface area contributed by atoms with Gasteiger partial charge in [-0.15, -0.1) is 0 Å². The lowest BCUT2D eigenvalue weighted by Crippen LogP contribution is -2.17. The summed E-state index contributed by atoms with van der Waals surface area (Å²) in [5, 5.41) is 7.90. The monoisotopic (exact) mass is 329 g/mol. The Morgan fingerprint density at radius 1 is 1.20 bits per heavy atom. The lowest BCUT2D eigenvalue weighted by molar-refractivity contribution is 0.576. The zero-order chi connectivity index (χ0) is 13.9. The number of fused-ring (bicyclic) bond motifs is 1. The fourth-order valence-electron chi connectivity index (χ4n) is 2.26. The Hall–Kier alpha value is -1.65. The molecule has 1 aromatic carbocycles. The van der Waals surface area contributed by atoms with E-state index in [1.807, 2.05) is 29.0 Å². The first-order chi connectivity index (χ1) is 9.74. The molecular formula is C16H16BrN3. The minimum atomic E-state index is 0.307. The van der Waals surface area contributed by atoms with Crippen LogP contribution in [-0.4, -0.2) is 9.61 Å². The van der Waals surface area contributed by atoms with E-state index in [4.69, 9.17) is 0 Å². The molecule has 0 bridgehead atoms. The molecule has 0 radical (unpaired) electrons. The zero-order valence-electron chi connectivity index (χ0n) is 11.3. The van der Waals surface area contributed by atoms with E-state index < -0.39 is 0 Å². The van der Waals surface area contributed by atoms with Crippen molar-refractivity contribution in [3.8, 4) is 0 Å². The van der Waals surface area contributed by atoms with Crippen molar-refractivity contribution in [3.63, 3.8) is 0 Å². The average molecular weight is 330 g/mol. The van der Waals surface area contributed by atoms with Crippen LogP contribution in [0.3, 0.4) is 0 Å². The third-order valence-corrected chi connectivity index (χ3v) is 4.00. The van der Waals surface area contributed by atoms with Gasteiger partial charge in [-0.25, -0.2) is 4.52 Å². The van der Waals surface area contributed by atoms with Crippen LogP contribution in [0.2, 0.25) is 0 Å². The maximum absolute atomic E-state index is 4.35. The Morgan fingerprint density at radius 3 is 2.80 bits per heavy atom. The van der Waals surface area contributed by atoms with Crippen LogP contribution in [0.15, 0.2) is 59.3 Å². The lowest BCUT2D eigenvalue weighted by atomic mass is 10.1. The standard InChI is InChI=1S/C16H16BrN3/c1-12(13-5-7-15(17)8-6-13)18-10-14-11-19-20-9-3-2-4-16(14)20/h2-9,11-12,18H,10H2,1H3. The molecule has 0 fully saturated rings. The molecule has 0 amide bonds. The molecule has 0 saturated heterocycles. The van der Waals surface area contributed by atoms with Gasteiger partial charge in [-0.3, -0.25) is 0 Å². The molecule has 102 valence electrons. The molecule has 20 heavy (non-hydrogen) atoms. The van der Waals surface area contributed by atoms with Crippen molar-refractivity contribution in [3.05, 3.63) is 70.5 Å². The van der Waals surface area contributed by atoms with Crippen LogP contribution in [0, 0.1) is 0 Å². The van der Waals surface area contributed by atoms with Gasteiger partial charge in [0, 0.05) is 28.8 Å². The molecule has 2 aromatic heterocycles. The molecule has 3 nitrogen and oxygen atoms in total. The van der Waals surface area contributed by atoms with Crippen LogP contribution in [0.5, 0.6) is 0 Å². The van der Waals surface area contributed by atoms with Gasteiger partial charge in [-0.2, -0.15) is 5.10 Å². The normalized spacial score (nSPS) is 12.7. The van der Waals surface area contributed by atoms with Crippen LogP contribution in [0.4, 0.5) is 0 Å². The minimum absolute atomic E-state index is 0.307. The molecule has 1 N–H and O–H groups in total. The Labute approximate surface area is 126 Å². The highest BCUT2D eigenvalue weighted by Crippen LogP contribution is 2.17. The SMILES string of the molecule is CC(NCc1cnn2ccccc12)c1ccc(Br)cc1. The molecule has 4 heteroatoms. The minimum Gasteiger partial charge on any atom is -0.306 e. The van der Waals surface area contributed by atoms with E-state index in [0.717, 1.165) is 16.5 Å². The second kappa shape index (κ2) is 5.77. The summed E-state index contributed by atoms with van der Waals surface area (Å²) >= 11 is 3.46. The number of benzene rings is 1. The van der Waals surface area contributed by atoms with Crippen molar-refractivity contribution in [2.24, 2.45) is 0 Å². The molecule has 0 aliphatic heterocycles. The second-order valence-corrected chi connectivity index (χ2v) is 5.77. The first-order valence-electron chi connectivity index (χ1n) is 6.64. The van der Waals surface area contributed by atoms with E-state index in [-0.39, 0.29) is 0 Å². The molecule has 0 spiro atoms. The smallest absolute Gasteiger partial charge is 0.0706 e. The maximum Gasteiger partial charge on any atom is 0.0706 e. The van der Waals surface area contributed by atoms with E-state index >= 15 is 0 Å². The van der Waals surface area contributed by atoms with Gasteiger partial charge in [-0.05, 0) is 36.8 Å². The van der Waals surface area contributed by atoms with Crippen molar-refractivity contribution in [1.29, 1.82) is 0 Å². The number of rotatable bonds is 4. The Morgan fingerprint density at radius 2 is 2.00 bits per heavy atom. The van der Waals surface area contributed by atoms with Crippen molar-refractivity contribution in [1.82, 2.24) is 14.9 Å². The number of nitrogens with one attached hydrogen (secondary N) is 1. The van der Waals surface area contributed by atoms with Gasteiger partial charge in [0.15, 0.2) is 0 Å². The van der Waals surface area contributed by atoms with E-state index in [9.17, 15) is 0 Å². The quantitative estimate of drug-likeness (QED) is 0.785. The summed E-state index contributed by atoms with van der Waals surface area (Å²) in [5.41, 5.74) is 3.65. The Balaban J connectivity index is 1.71. The maximum atomic E-state index is 4.35. The predicted octanol–water partition coefficient (Wildman–Crippen LogP) is 3.95. The largest absolute Gasteiger partial charge is 0.306 e. The fourth-order valence-corrected chi connectivity index (χ4v) is 2.52. The van der Waals surface area contributed by atoms with Gasteiger partial charge in [0.2, 0.25) is 0 Å². The number of hydrogen-bond acceptors (Lipinski definition) is 2. The Kier molecular flexibility index (Phi) is 3.85. The summed E-state index contributed by atoms with van der Waals surface area (Å²) < 4.78 is 3.01. The second-order valence-electron chi connectivity index (χ2n) is 4.85. The molecule has 0 aliphatic carbocycles. The summed E-state index contributed by atoms with van der Waals surface area (Å²) in [6.45, 7) is 2.99. The van der Waals surface area contributed by atoms with Gasteiger partial charge in [-0.1, -0.05) is 34.1 Å². The summed E-state index contributed by atoms with van der Waals surface area (Å²) in [7, 11) is 0. The third-order valence-electron chi connectivity index (χ3n) is 3.47. The highest BCUT2D eigenvalue weighted by atomic mass is 79.9. The van der Waals surface area contributed by atoms with E-state index in [1.165, 1.54) is 11.1 Å². The van der Waals surface area contributed by atoms with Crippen LogP contribution in [0.1, 0.15) is 24.1 Å². The lowest BCUT2D eigenvalue weighted by Gasteiger charge is -2.13. The average Bonchev–Trinajstić information content (AvgIpc) is 2.89. The van der Waals surface area contributed by atoms with Gasteiger partial charge in [0.05, 0.1) is 11.7 Å². The topological polar surface area (TPSA) is 29.3 Å². The summed E-state index contributed by atoms with van der Waals surface area (Å²) in [6.07, 6.45) is 3.90. The first kappa shape index (κ1) is 13.3. The predicted molar refractivity (Wildman–Crippen MR) is 84.6 cm³/mol. The highest BCUT2D eigenvalue weighted by molar-refractivity contribution is 9.10. The Bertz CT molecular complexity index is 703. The van der Waals surface area contributed by atoms with Crippen molar-refractivity contribution >= 4 is 21.4 Å². The van der Waals surface area contributed by atoms with E-state index in [0.29, 0.717) is 6.04 Å². The number of hydrogen-bond donors (Lipinski definition) is 1. The number of nitrogens with zero attached hydrogens (tertiary/aromatic N) is 2. The molecule has 1 unspecified atom stereocenters. The molecule has 0 aliphatic rings. The fraction of sp³-hybridized carbons (Fsp3) is 0.188. The van der Waals surface area contributed by atoms with Crippen molar-refractivity contribution in [2.75, 3.05) is 0 Å². The first-order valence-corrected chi connectivity index (χ1v) is 7.43. The van der Waals surface area contributed by atoms with E-state index in [2.05, 4.69) is 63.6 Å². The number of halogens is 1. The molecule has 3 aromatic rings. The van der Waals surface area contributed by atoms with Gasteiger partial charge < -0.3 is 5.32 Å². The summed E-state index contributed by atoms with van der Waals surface area (Å²) in [4.78, 5) is 0. The van der Waals surface area contributed by atoms with Gasteiger partial charge in [0.1, 0.15) is 0 Å². The van der Waals surface area contributed by atoms with Gasteiger partial charge >= 0.3 is 0 Å². The molecular weight excluding hydrogens is 314 g/mol.